The van der Waals surface area contributed by atoms with E-state index in [2.05, 4.69) is 21.2 Å². The van der Waals surface area contributed by atoms with Gasteiger partial charge in [0.15, 0.2) is 0 Å². The van der Waals surface area contributed by atoms with Crippen LogP contribution < -0.4 is 16.0 Å². The number of anilines is 1. The van der Waals surface area contributed by atoms with Gasteiger partial charge in [-0.05, 0) is 23.8 Å². The molecule has 0 unspecified atom stereocenters. The highest BCUT2D eigenvalue weighted by Crippen LogP contribution is 2.23. The average molecular weight is 330 g/mol. The maximum absolute atomic E-state index is 11.7. The van der Waals surface area contributed by atoms with Crippen molar-refractivity contribution < 1.29 is 9.53 Å². The topological polar surface area (TPSA) is 67.6 Å². The molecule has 0 saturated carbocycles. The lowest BCUT2D eigenvalue weighted by atomic mass is 10.1. The van der Waals surface area contributed by atoms with E-state index in [1.165, 1.54) is 0 Å². The number of methoxy groups -OCH3 is 1. The van der Waals surface area contributed by atoms with Crippen LogP contribution in [0.1, 0.15) is 5.56 Å². The summed E-state index contributed by atoms with van der Waals surface area (Å²) >= 11 is 3.41. The van der Waals surface area contributed by atoms with Crippen molar-refractivity contribution in [1.29, 1.82) is 0 Å². The van der Waals surface area contributed by atoms with Gasteiger partial charge in [0.05, 0.1) is 13.2 Å². The molecule has 3 N–H and O–H groups in total. The number of rotatable bonds is 7. The molecule has 6 heteroatoms. The van der Waals surface area contributed by atoms with Crippen LogP contribution in [-0.4, -0.2) is 39.8 Å². The summed E-state index contributed by atoms with van der Waals surface area (Å²) in [7, 11) is 3.48. The van der Waals surface area contributed by atoms with E-state index < -0.39 is 0 Å². The fraction of sp³-hybridized carbons (Fsp3) is 0.462. The molecule has 0 spiro atoms. The lowest BCUT2D eigenvalue weighted by molar-refractivity contribution is -0.119. The van der Waals surface area contributed by atoms with E-state index in [-0.39, 0.29) is 5.91 Å². The molecule has 0 aliphatic carbocycles. The number of likely N-dealkylation sites (N-methyl/N-ethyl adjacent to an activating group) is 1. The summed E-state index contributed by atoms with van der Waals surface area (Å²) in [6.45, 7) is 1.76. The van der Waals surface area contributed by atoms with Crippen molar-refractivity contribution in [2.24, 2.45) is 5.73 Å². The second-order valence-electron chi connectivity index (χ2n) is 4.18. The average Bonchev–Trinajstić information content (AvgIpc) is 2.38. The van der Waals surface area contributed by atoms with Crippen LogP contribution in [0, 0.1) is 0 Å². The van der Waals surface area contributed by atoms with Gasteiger partial charge >= 0.3 is 0 Å². The molecule has 0 atom stereocenters. The molecule has 0 aromatic heterocycles. The Hall–Kier alpha value is -1.11. The molecule has 106 valence electrons. The minimum Gasteiger partial charge on any atom is -0.383 e. The summed E-state index contributed by atoms with van der Waals surface area (Å²) in [6.07, 6.45) is 0. The summed E-state index contributed by atoms with van der Waals surface area (Å²) in [6, 6.07) is 5.86. The van der Waals surface area contributed by atoms with Gasteiger partial charge in [0.1, 0.15) is 0 Å². The highest BCUT2D eigenvalue weighted by molar-refractivity contribution is 9.10. The first-order valence-corrected chi connectivity index (χ1v) is 6.83. The predicted molar refractivity (Wildman–Crippen MR) is 80.2 cm³/mol. The summed E-state index contributed by atoms with van der Waals surface area (Å²) in [5, 5.41) is 2.79. The summed E-state index contributed by atoms with van der Waals surface area (Å²) in [5.41, 5.74) is 7.69. The van der Waals surface area contributed by atoms with Gasteiger partial charge < -0.3 is 20.7 Å². The van der Waals surface area contributed by atoms with Crippen molar-refractivity contribution in [3.63, 3.8) is 0 Å². The zero-order valence-electron chi connectivity index (χ0n) is 11.3. The van der Waals surface area contributed by atoms with E-state index >= 15 is 0 Å². The third-order valence-electron chi connectivity index (χ3n) is 2.68. The molecule has 1 rings (SSSR count). The molecular formula is C13H20BrN3O2. The largest absolute Gasteiger partial charge is 0.383 e. The molecule has 5 nitrogen and oxygen atoms in total. The molecule has 0 bridgehead atoms. The van der Waals surface area contributed by atoms with Gasteiger partial charge in [0.2, 0.25) is 5.91 Å². The monoisotopic (exact) mass is 329 g/mol. The van der Waals surface area contributed by atoms with Gasteiger partial charge in [0, 0.05) is 37.4 Å². The Balaban J connectivity index is 2.62. The third kappa shape index (κ3) is 5.18. The second kappa shape index (κ2) is 8.14. The molecule has 0 aliphatic rings. The summed E-state index contributed by atoms with van der Waals surface area (Å²) in [5.74, 6) is -0.0366. The van der Waals surface area contributed by atoms with E-state index in [1.54, 1.807) is 7.11 Å². The minimum absolute atomic E-state index is 0.0366. The molecule has 0 fully saturated rings. The maximum atomic E-state index is 11.7. The Morgan fingerprint density at radius 1 is 1.53 bits per heavy atom. The number of carbonyl (C=O) groups is 1. The first-order chi connectivity index (χ1) is 9.08. The van der Waals surface area contributed by atoms with Crippen LogP contribution in [-0.2, 0) is 16.1 Å². The number of ether oxygens (including phenoxy) is 1. The van der Waals surface area contributed by atoms with Crippen molar-refractivity contribution in [1.82, 2.24) is 5.32 Å². The summed E-state index contributed by atoms with van der Waals surface area (Å²) in [4.78, 5) is 13.6. The number of nitrogens with two attached hydrogens (primary N) is 1. The maximum Gasteiger partial charge on any atom is 0.239 e. The van der Waals surface area contributed by atoms with Crippen LogP contribution in [0.15, 0.2) is 22.7 Å². The van der Waals surface area contributed by atoms with Crippen molar-refractivity contribution in [3.05, 3.63) is 28.2 Å². The zero-order chi connectivity index (χ0) is 14.3. The predicted octanol–water partition coefficient (Wildman–Crippen LogP) is 1.11. The van der Waals surface area contributed by atoms with Gasteiger partial charge in [0.25, 0.3) is 0 Å². The number of halogens is 1. The SMILES string of the molecule is COCCNC(=O)CN(C)c1ccc(Br)cc1CN. The molecule has 0 aliphatic heterocycles. The second-order valence-corrected chi connectivity index (χ2v) is 5.09. The smallest absolute Gasteiger partial charge is 0.239 e. The number of benzene rings is 1. The Morgan fingerprint density at radius 3 is 2.89 bits per heavy atom. The first-order valence-electron chi connectivity index (χ1n) is 6.03. The van der Waals surface area contributed by atoms with Gasteiger partial charge in [-0.3, -0.25) is 4.79 Å². The van der Waals surface area contributed by atoms with Crippen LogP contribution in [0.2, 0.25) is 0 Å². The number of amides is 1. The standard InChI is InChI=1S/C13H20BrN3O2/c1-17(9-13(18)16-5-6-19-2)12-4-3-11(14)7-10(12)8-15/h3-4,7H,5-6,8-9,15H2,1-2H3,(H,16,18). The molecular weight excluding hydrogens is 310 g/mol. The fourth-order valence-electron chi connectivity index (χ4n) is 1.74. The number of hydrogen-bond donors (Lipinski definition) is 2. The van der Waals surface area contributed by atoms with Gasteiger partial charge in [-0.25, -0.2) is 0 Å². The van der Waals surface area contributed by atoms with E-state index in [1.807, 2.05) is 30.1 Å². The molecule has 1 aromatic rings. The van der Waals surface area contributed by atoms with Crippen LogP contribution >= 0.6 is 15.9 Å². The first kappa shape index (κ1) is 15.9. The van der Waals surface area contributed by atoms with Gasteiger partial charge in [-0.1, -0.05) is 15.9 Å². The van der Waals surface area contributed by atoms with Gasteiger partial charge in [-0.2, -0.15) is 0 Å². The van der Waals surface area contributed by atoms with Crippen molar-refractivity contribution in [3.8, 4) is 0 Å². The van der Waals surface area contributed by atoms with Crippen LogP contribution in [0.3, 0.4) is 0 Å². The number of nitrogens with zero attached hydrogens (tertiary/aromatic N) is 1. The molecule has 0 heterocycles. The number of hydrogen-bond acceptors (Lipinski definition) is 4. The van der Waals surface area contributed by atoms with Crippen molar-refractivity contribution in [2.75, 3.05) is 38.8 Å². The third-order valence-corrected chi connectivity index (χ3v) is 3.18. The highest BCUT2D eigenvalue weighted by Gasteiger charge is 2.10. The van der Waals surface area contributed by atoms with E-state index in [4.69, 9.17) is 10.5 Å². The lowest BCUT2D eigenvalue weighted by Crippen LogP contribution is -2.37. The molecule has 1 aromatic carbocycles. The Kier molecular flexibility index (Phi) is 6.83. The van der Waals surface area contributed by atoms with Crippen molar-refractivity contribution >= 4 is 27.5 Å². The summed E-state index contributed by atoms with van der Waals surface area (Å²) < 4.78 is 5.86. The van der Waals surface area contributed by atoms with Crippen LogP contribution in [0.4, 0.5) is 5.69 Å². The number of nitrogens with one attached hydrogen (secondary N) is 1. The van der Waals surface area contributed by atoms with E-state index in [9.17, 15) is 4.79 Å². The Labute approximate surface area is 122 Å². The molecule has 0 radical (unpaired) electrons. The normalized spacial score (nSPS) is 10.3. The molecule has 19 heavy (non-hydrogen) atoms. The fourth-order valence-corrected chi connectivity index (χ4v) is 2.15. The molecule has 1 amide bonds. The molecule has 0 saturated heterocycles. The van der Waals surface area contributed by atoms with Crippen LogP contribution in [0.5, 0.6) is 0 Å². The minimum atomic E-state index is -0.0366. The Bertz CT molecular complexity index is 426. The highest BCUT2D eigenvalue weighted by atomic mass is 79.9. The van der Waals surface area contributed by atoms with Crippen molar-refractivity contribution in [2.45, 2.75) is 6.54 Å². The quantitative estimate of drug-likeness (QED) is 0.735. The lowest BCUT2D eigenvalue weighted by Gasteiger charge is -2.21. The van der Waals surface area contributed by atoms with Gasteiger partial charge in [-0.15, -0.1) is 0 Å². The Morgan fingerprint density at radius 2 is 2.26 bits per heavy atom. The van der Waals surface area contributed by atoms with E-state index in [0.29, 0.717) is 26.2 Å². The van der Waals surface area contributed by atoms with Crippen LogP contribution in [0.25, 0.3) is 0 Å². The zero-order valence-corrected chi connectivity index (χ0v) is 12.9. The van der Waals surface area contributed by atoms with E-state index in [0.717, 1.165) is 15.7 Å². The number of carbonyl (C=O) groups excluding carboxylic acids is 1.